The van der Waals surface area contributed by atoms with E-state index in [1.165, 1.54) is 0 Å². The van der Waals surface area contributed by atoms with Crippen LogP contribution in [0, 0.1) is 0 Å². The Hall–Kier alpha value is -0.840. The van der Waals surface area contributed by atoms with Crippen molar-refractivity contribution in [2.24, 2.45) is 5.73 Å². The first-order valence-corrected chi connectivity index (χ1v) is 4.85. The maximum atomic E-state index is 10.8. The second-order valence-corrected chi connectivity index (χ2v) is 4.09. The number of nitrogens with zero attached hydrogens (tertiary/aromatic N) is 1. The number of hydrogen-bond donors (Lipinski definition) is 2. The SMILES string of the molecule is NC1=C(C(=O)O)N2CCC2SC1. The molecule has 1 saturated heterocycles. The van der Waals surface area contributed by atoms with Crippen molar-refractivity contribution < 1.29 is 9.90 Å². The van der Waals surface area contributed by atoms with Crippen molar-refractivity contribution in [2.75, 3.05) is 12.3 Å². The van der Waals surface area contributed by atoms with Gasteiger partial charge in [0, 0.05) is 18.0 Å². The molecule has 2 heterocycles. The van der Waals surface area contributed by atoms with Crippen molar-refractivity contribution in [3.8, 4) is 0 Å². The molecule has 66 valence electrons. The Morgan fingerprint density at radius 1 is 1.75 bits per heavy atom. The highest BCUT2D eigenvalue weighted by molar-refractivity contribution is 8.00. The highest BCUT2D eigenvalue weighted by Gasteiger charge is 2.37. The molecule has 0 aromatic carbocycles. The van der Waals surface area contributed by atoms with E-state index in [1.54, 1.807) is 11.8 Å². The molecular formula is C7H10N2O2S. The first-order chi connectivity index (χ1) is 5.70. The van der Waals surface area contributed by atoms with E-state index in [4.69, 9.17) is 10.8 Å². The zero-order chi connectivity index (χ0) is 8.72. The summed E-state index contributed by atoms with van der Waals surface area (Å²) < 4.78 is 0. The van der Waals surface area contributed by atoms with Gasteiger partial charge in [0.2, 0.25) is 0 Å². The molecule has 2 aliphatic heterocycles. The van der Waals surface area contributed by atoms with Gasteiger partial charge in [-0.05, 0) is 6.42 Å². The van der Waals surface area contributed by atoms with E-state index in [2.05, 4.69) is 0 Å². The minimum Gasteiger partial charge on any atom is -0.477 e. The highest BCUT2D eigenvalue weighted by atomic mass is 32.2. The van der Waals surface area contributed by atoms with E-state index in [0.29, 0.717) is 22.5 Å². The Labute approximate surface area is 74.4 Å². The molecule has 2 aliphatic rings. The first kappa shape index (κ1) is 7.79. The number of carboxylic acid groups (broad SMARTS) is 1. The molecule has 5 heteroatoms. The van der Waals surface area contributed by atoms with Gasteiger partial charge in [-0.3, -0.25) is 0 Å². The molecule has 0 aromatic rings. The molecule has 0 aliphatic carbocycles. The van der Waals surface area contributed by atoms with E-state index in [9.17, 15) is 4.79 Å². The first-order valence-electron chi connectivity index (χ1n) is 3.80. The van der Waals surface area contributed by atoms with Crippen molar-refractivity contribution >= 4 is 17.7 Å². The molecule has 1 atom stereocenters. The van der Waals surface area contributed by atoms with E-state index < -0.39 is 5.97 Å². The van der Waals surface area contributed by atoms with Crippen LogP contribution in [0.1, 0.15) is 6.42 Å². The van der Waals surface area contributed by atoms with Crippen molar-refractivity contribution in [1.29, 1.82) is 0 Å². The maximum Gasteiger partial charge on any atom is 0.354 e. The largest absolute Gasteiger partial charge is 0.477 e. The van der Waals surface area contributed by atoms with Crippen molar-refractivity contribution in [2.45, 2.75) is 11.8 Å². The van der Waals surface area contributed by atoms with Crippen LogP contribution in [-0.4, -0.2) is 33.6 Å². The molecule has 0 saturated carbocycles. The monoisotopic (exact) mass is 186 g/mol. The van der Waals surface area contributed by atoms with Crippen molar-refractivity contribution in [3.63, 3.8) is 0 Å². The van der Waals surface area contributed by atoms with Crippen molar-refractivity contribution in [3.05, 3.63) is 11.4 Å². The molecule has 4 nitrogen and oxygen atoms in total. The van der Waals surface area contributed by atoms with Gasteiger partial charge in [-0.25, -0.2) is 4.79 Å². The number of carbonyl (C=O) groups is 1. The number of nitrogens with two attached hydrogens (primary N) is 1. The van der Waals surface area contributed by atoms with Gasteiger partial charge < -0.3 is 15.7 Å². The predicted octanol–water partition coefficient (Wildman–Crippen LogP) is 0.0199. The maximum absolute atomic E-state index is 10.8. The van der Waals surface area contributed by atoms with Crippen LogP contribution in [0.25, 0.3) is 0 Å². The van der Waals surface area contributed by atoms with Crippen LogP contribution in [0.5, 0.6) is 0 Å². The Morgan fingerprint density at radius 2 is 2.50 bits per heavy atom. The van der Waals surface area contributed by atoms with Crippen molar-refractivity contribution in [1.82, 2.24) is 4.90 Å². The lowest BCUT2D eigenvalue weighted by molar-refractivity contribution is -0.135. The second-order valence-electron chi connectivity index (χ2n) is 2.93. The Kier molecular flexibility index (Phi) is 1.68. The minimum absolute atomic E-state index is 0.324. The molecule has 2 rings (SSSR count). The molecule has 0 amide bonds. The Balaban J connectivity index is 2.29. The van der Waals surface area contributed by atoms with Gasteiger partial charge in [-0.2, -0.15) is 0 Å². The lowest BCUT2D eigenvalue weighted by atomic mass is 10.1. The van der Waals surface area contributed by atoms with Crippen LogP contribution in [0.4, 0.5) is 0 Å². The molecule has 1 unspecified atom stereocenters. The topological polar surface area (TPSA) is 66.6 Å². The summed E-state index contributed by atoms with van der Waals surface area (Å²) in [4.78, 5) is 12.6. The summed E-state index contributed by atoms with van der Waals surface area (Å²) in [6.45, 7) is 0.833. The van der Waals surface area contributed by atoms with Crippen LogP contribution in [0.15, 0.2) is 11.4 Å². The quantitative estimate of drug-likeness (QED) is 0.604. The Morgan fingerprint density at radius 3 is 2.92 bits per heavy atom. The minimum atomic E-state index is -0.891. The number of hydrogen-bond acceptors (Lipinski definition) is 4. The number of aliphatic carboxylic acids is 1. The highest BCUT2D eigenvalue weighted by Crippen LogP contribution is 2.37. The van der Waals surface area contributed by atoms with Gasteiger partial charge in [0.25, 0.3) is 0 Å². The molecule has 1 fully saturated rings. The third-order valence-electron chi connectivity index (χ3n) is 2.19. The van der Waals surface area contributed by atoms with Crippen LogP contribution >= 0.6 is 11.8 Å². The van der Waals surface area contributed by atoms with Gasteiger partial charge in [-0.15, -0.1) is 11.8 Å². The van der Waals surface area contributed by atoms with Gasteiger partial charge in [0.05, 0.1) is 5.37 Å². The normalized spacial score (nSPS) is 28.0. The smallest absolute Gasteiger partial charge is 0.354 e. The van der Waals surface area contributed by atoms with Gasteiger partial charge >= 0.3 is 5.97 Å². The predicted molar refractivity (Wildman–Crippen MR) is 46.4 cm³/mol. The van der Waals surface area contributed by atoms with E-state index in [1.807, 2.05) is 4.90 Å². The number of fused-ring (bicyclic) bond motifs is 1. The van der Waals surface area contributed by atoms with Gasteiger partial charge in [0.1, 0.15) is 5.70 Å². The number of carboxylic acids is 1. The standard InChI is InChI=1S/C7H10N2O2S/c8-4-3-12-5-1-2-9(5)6(4)7(10)11/h5H,1-3,8H2,(H,10,11). The fourth-order valence-electron chi connectivity index (χ4n) is 1.49. The molecule has 12 heavy (non-hydrogen) atoms. The fourth-order valence-corrected chi connectivity index (χ4v) is 2.66. The van der Waals surface area contributed by atoms with Crippen LogP contribution < -0.4 is 5.73 Å². The molecule has 0 aromatic heterocycles. The van der Waals surface area contributed by atoms with Crippen LogP contribution in [-0.2, 0) is 4.79 Å². The average Bonchev–Trinajstić information content (AvgIpc) is 1.94. The summed E-state index contributed by atoms with van der Waals surface area (Å²) in [5.41, 5.74) is 6.43. The summed E-state index contributed by atoms with van der Waals surface area (Å²) in [7, 11) is 0. The zero-order valence-corrected chi connectivity index (χ0v) is 7.30. The molecular weight excluding hydrogens is 176 g/mol. The number of rotatable bonds is 1. The van der Waals surface area contributed by atoms with E-state index in [-0.39, 0.29) is 0 Å². The molecule has 0 spiro atoms. The lowest BCUT2D eigenvalue weighted by Crippen LogP contribution is -2.50. The molecule has 0 radical (unpaired) electrons. The number of thioether (sulfide) groups is 1. The summed E-state index contributed by atoms with van der Waals surface area (Å²) in [6, 6.07) is 0. The average molecular weight is 186 g/mol. The summed E-state index contributed by atoms with van der Waals surface area (Å²) >= 11 is 1.72. The van der Waals surface area contributed by atoms with Crippen LogP contribution in [0.2, 0.25) is 0 Å². The van der Waals surface area contributed by atoms with Gasteiger partial charge in [0.15, 0.2) is 0 Å². The summed E-state index contributed by atoms with van der Waals surface area (Å²) in [6.07, 6.45) is 1.08. The third kappa shape index (κ3) is 0.964. The lowest BCUT2D eigenvalue weighted by Gasteiger charge is -2.45. The molecule has 3 N–H and O–H groups in total. The van der Waals surface area contributed by atoms with E-state index in [0.717, 1.165) is 13.0 Å². The van der Waals surface area contributed by atoms with Crippen LogP contribution in [0.3, 0.4) is 0 Å². The molecule has 0 bridgehead atoms. The van der Waals surface area contributed by atoms with Gasteiger partial charge in [-0.1, -0.05) is 0 Å². The summed E-state index contributed by atoms with van der Waals surface area (Å²) in [5.74, 6) is -0.236. The zero-order valence-electron chi connectivity index (χ0n) is 6.49. The summed E-state index contributed by atoms with van der Waals surface area (Å²) in [5, 5.41) is 9.21. The third-order valence-corrected chi connectivity index (χ3v) is 3.54. The fraction of sp³-hybridized carbons (Fsp3) is 0.571. The second kappa shape index (κ2) is 2.58. The Bertz CT molecular complexity index is 264. The van der Waals surface area contributed by atoms with E-state index >= 15 is 0 Å².